The number of nitro groups is 2. The van der Waals surface area contributed by atoms with Gasteiger partial charge in [-0.1, -0.05) is 57.2 Å². The van der Waals surface area contributed by atoms with Crippen LogP contribution in [0.2, 0.25) is 0 Å². The van der Waals surface area contributed by atoms with Crippen molar-refractivity contribution in [3.05, 3.63) is 138 Å². The van der Waals surface area contributed by atoms with E-state index in [1.165, 1.54) is 33.6 Å². The molecule has 4 aromatic carbocycles. The van der Waals surface area contributed by atoms with Crippen molar-refractivity contribution in [1.29, 1.82) is 0 Å². The minimum absolute atomic E-state index is 0. The Morgan fingerprint density at radius 2 is 1.23 bits per heavy atom. The molecule has 0 atom stereocenters. The smallest absolute Gasteiger partial charge is 0.866 e. The average molecular weight is 812 g/mol. The van der Waals surface area contributed by atoms with E-state index in [0.29, 0.717) is 40.3 Å². The third-order valence-corrected chi connectivity index (χ3v) is 7.99. The molecule has 291 valence electrons. The Morgan fingerprint density at radius 1 is 0.719 bits per heavy atom. The van der Waals surface area contributed by atoms with E-state index < -0.39 is 44.2 Å². The maximum absolute atomic E-state index is 12.7. The van der Waals surface area contributed by atoms with Crippen LogP contribution in [0.4, 0.5) is 34.1 Å². The second kappa shape index (κ2) is 17.7. The molecule has 2 heterocycles. The third kappa shape index (κ3) is 10.0. The molecule has 57 heavy (non-hydrogen) atoms. The van der Waals surface area contributed by atoms with Crippen LogP contribution in [0.5, 0.6) is 17.4 Å². The quantitative estimate of drug-likeness (QED) is 0.0864. The molecule has 6 rings (SSSR count). The molecule has 0 bridgehead atoms. The van der Waals surface area contributed by atoms with Gasteiger partial charge in [0.1, 0.15) is 5.69 Å². The molecular weight excluding hydrogens is 776 g/mol. The van der Waals surface area contributed by atoms with Crippen LogP contribution < -0.4 is 20.9 Å². The van der Waals surface area contributed by atoms with Gasteiger partial charge in [0.2, 0.25) is 0 Å². The molecule has 0 aliphatic heterocycles. The van der Waals surface area contributed by atoms with Crippen molar-refractivity contribution in [2.75, 3.05) is 0 Å². The van der Waals surface area contributed by atoms with E-state index in [9.17, 15) is 40.3 Å². The van der Waals surface area contributed by atoms with E-state index in [4.69, 9.17) is 0 Å². The summed E-state index contributed by atoms with van der Waals surface area (Å²) in [5, 5.41) is 82.0. The van der Waals surface area contributed by atoms with Crippen LogP contribution >= 0.6 is 0 Å². The minimum Gasteiger partial charge on any atom is -0.866 e. The van der Waals surface area contributed by atoms with Crippen LogP contribution in [0.3, 0.4) is 0 Å². The normalized spacial score (nSPS) is 11.3. The first-order chi connectivity index (χ1) is 26.4. The van der Waals surface area contributed by atoms with Crippen molar-refractivity contribution in [2.45, 2.75) is 48.0 Å². The second-order valence-corrected chi connectivity index (χ2v) is 13.8. The summed E-state index contributed by atoms with van der Waals surface area (Å²) in [6.07, 6.45) is 0.508. The summed E-state index contributed by atoms with van der Waals surface area (Å²) in [7, 11) is 0. The molecule has 6 aromatic rings. The van der Waals surface area contributed by atoms with Crippen molar-refractivity contribution in [1.82, 2.24) is 19.6 Å². The van der Waals surface area contributed by atoms with Gasteiger partial charge in [0, 0.05) is 29.5 Å². The topological polar surface area (TPSA) is 261 Å². The molecule has 19 heteroatoms. The predicted molar refractivity (Wildman–Crippen MR) is 200 cm³/mol. The van der Waals surface area contributed by atoms with Crippen molar-refractivity contribution in [2.24, 2.45) is 25.9 Å². The van der Waals surface area contributed by atoms with Crippen molar-refractivity contribution in [3.8, 4) is 28.8 Å². The van der Waals surface area contributed by atoms with Gasteiger partial charge in [-0.2, -0.15) is 15.3 Å². The van der Waals surface area contributed by atoms with Crippen molar-refractivity contribution in [3.63, 3.8) is 0 Å². The summed E-state index contributed by atoms with van der Waals surface area (Å²) in [5.41, 5.74) is 0.970. The van der Waals surface area contributed by atoms with Gasteiger partial charge in [0.15, 0.2) is 5.69 Å². The minimum atomic E-state index is -0.846. The second-order valence-electron chi connectivity index (χ2n) is 13.8. The van der Waals surface area contributed by atoms with E-state index in [0.717, 1.165) is 0 Å². The number of aromatic nitrogens is 4. The first-order valence-corrected chi connectivity index (χ1v) is 16.9. The zero-order chi connectivity index (χ0) is 40.9. The van der Waals surface area contributed by atoms with E-state index in [1.54, 1.807) is 69.3 Å². The van der Waals surface area contributed by atoms with E-state index in [-0.39, 0.29) is 45.5 Å². The molecule has 0 unspecified atom stereocenters. The van der Waals surface area contributed by atoms with Gasteiger partial charge < -0.3 is 15.3 Å². The van der Waals surface area contributed by atoms with Gasteiger partial charge in [-0.3, -0.25) is 30.1 Å². The van der Waals surface area contributed by atoms with Crippen LogP contribution in [0.1, 0.15) is 43.3 Å². The fraction of sp³-hybridized carbons (Fsp3) is 0.211. The van der Waals surface area contributed by atoms with Crippen LogP contribution in [0.25, 0.3) is 11.4 Å². The summed E-state index contributed by atoms with van der Waals surface area (Å²) >= 11 is 0. The fourth-order valence-corrected chi connectivity index (χ4v) is 5.50. The standard InChI is InChI=1S/C21H23N5O4.C17H15N5O4.Cr/c1-13-18(20(28)25(24-13)15-8-6-5-7-9-15)23-22-16-10-14(12-21(2,3)4)11-17(19(16)27)26(29)30;1-10-8-13(16(23)14(9-10)22(25)26)18-19-15-11(2)20-21(17(15)24)12-6-4-3-5-7-12;/h5-11,27-28H,12H2,1-4H3;3-9,20,23H,1-2H3;/q;;+3/p-3. The molecule has 0 spiro atoms. The first-order valence-electron chi connectivity index (χ1n) is 16.9. The predicted octanol–water partition coefficient (Wildman–Crippen LogP) is 7.42. The molecular formula is C38H35CrN10O8. The number of nitrogens with zero attached hydrogens (tertiary/aromatic N) is 9. The molecule has 1 radical (unpaired) electrons. The van der Waals surface area contributed by atoms with E-state index in [1.807, 2.05) is 32.9 Å². The van der Waals surface area contributed by atoms with Gasteiger partial charge in [-0.25, -0.2) is 9.36 Å². The number of aryl methyl sites for hydroxylation is 3. The zero-order valence-corrected chi connectivity index (χ0v) is 32.8. The largest absolute Gasteiger partial charge is 3.00 e. The summed E-state index contributed by atoms with van der Waals surface area (Å²) in [5.74, 6) is -2.18. The number of azo groups is 2. The molecule has 18 nitrogen and oxygen atoms in total. The van der Waals surface area contributed by atoms with Crippen LogP contribution in [0, 0.1) is 46.4 Å². The zero-order valence-electron chi connectivity index (χ0n) is 31.5. The first kappa shape index (κ1) is 42.8. The molecule has 0 fully saturated rings. The molecule has 0 aliphatic carbocycles. The third-order valence-electron chi connectivity index (χ3n) is 7.99. The number of nitrogens with one attached hydrogen (secondary N) is 1. The molecule has 0 aliphatic rings. The summed E-state index contributed by atoms with van der Waals surface area (Å²) in [6, 6.07) is 23.0. The SMILES string of the molecule is Cc1cc(N=Nc2c(C)[nH]n(-c3ccccc3)c2=O)c([O-])c([N+](=O)[O-])c1.Cc1nn(-c2ccccc2)c([O-])c1N=Nc1cc(CC(C)(C)C)cc([N+](=O)[O-])c1[O-].[Cr+3]. The average Bonchev–Trinajstić information content (AvgIpc) is 3.60. The monoisotopic (exact) mass is 811 g/mol. The number of hydrogen-bond donors (Lipinski definition) is 1. The summed E-state index contributed by atoms with van der Waals surface area (Å²) < 4.78 is 2.50. The number of H-pyrrole nitrogens is 1. The molecule has 0 saturated carbocycles. The van der Waals surface area contributed by atoms with Gasteiger partial charge >= 0.3 is 17.4 Å². The molecule has 2 aromatic heterocycles. The summed E-state index contributed by atoms with van der Waals surface area (Å²) in [4.78, 5) is 33.3. The van der Waals surface area contributed by atoms with Crippen LogP contribution in [-0.2, 0) is 23.8 Å². The van der Waals surface area contributed by atoms with Gasteiger partial charge in [-0.15, -0.1) is 10.2 Å². The van der Waals surface area contributed by atoms with Crippen LogP contribution in [-0.4, -0.2) is 29.4 Å². The van der Waals surface area contributed by atoms with Gasteiger partial charge in [-0.05, 0) is 80.1 Å². The maximum Gasteiger partial charge on any atom is 3.00 e. The Labute approximate surface area is 335 Å². The Balaban J connectivity index is 0.000000251. The fourth-order valence-electron chi connectivity index (χ4n) is 5.50. The molecule has 1 N–H and O–H groups in total. The van der Waals surface area contributed by atoms with Gasteiger partial charge in [0.25, 0.3) is 16.9 Å². The molecule has 0 saturated heterocycles. The Hall–Kier alpha value is -6.97. The number of benzene rings is 4. The van der Waals surface area contributed by atoms with Crippen molar-refractivity contribution < 1.29 is 42.5 Å². The van der Waals surface area contributed by atoms with Gasteiger partial charge in [0.05, 0.1) is 44.0 Å². The van der Waals surface area contributed by atoms with E-state index in [2.05, 4.69) is 30.7 Å². The Kier molecular flexibility index (Phi) is 13.3. The van der Waals surface area contributed by atoms with E-state index >= 15 is 0 Å². The number of nitro benzene ring substituents is 2. The number of hydrogen-bond acceptors (Lipinski definition) is 13. The van der Waals surface area contributed by atoms with Crippen molar-refractivity contribution >= 4 is 34.1 Å². The number of para-hydroxylation sites is 2. The number of rotatable bonds is 9. The summed E-state index contributed by atoms with van der Waals surface area (Å²) in [6.45, 7) is 10.8. The molecule has 0 amide bonds. The Bertz CT molecular complexity index is 2540. The van der Waals surface area contributed by atoms with Crippen LogP contribution in [0.15, 0.2) is 110 Å². The number of aromatic amines is 1. The Morgan fingerprint density at radius 3 is 1.77 bits per heavy atom. The maximum atomic E-state index is 12.7.